The van der Waals surface area contributed by atoms with Gasteiger partial charge in [0.25, 0.3) is 5.91 Å². The van der Waals surface area contributed by atoms with Crippen LogP contribution in [-0.2, 0) is 19.1 Å². The van der Waals surface area contributed by atoms with E-state index in [0.717, 1.165) is 41.2 Å². The Morgan fingerprint density at radius 1 is 1.11 bits per heavy atom. The fourth-order valence-corrected chi connectivity index (χ4v) is 4.59. The molecule has 9 nitrogen and oxygen atoms in total. The van der Waals surface area contributed by atoms with Crippen LogP contribution in [0.2, 0.25) is 0 Å². The second-order valence-electron chi connectivity index (χ2n) is 9.35. The van der Waals surface area contributed by atoms with E-state index in [1.165, 1.54) is 7.11 Å². The quantitative estimate of drug-likeness (QED) is 0.490. The van der Waals surface area contributed by atoms with Gasteiger partial charge >= 0.3 is 0 Å². The second kappa shape index (κ2) is 12.8. The van der Waals surface area contributed by atoms with Crippen LogP contribution < -0.4 is 4.74 Å². The summed E-state index contributed by atoms with van der Waals surface area (Å²) < 4.78 is 15.9. The number of ether oxygens (including phenoxy) is 3. The molecule has 4 rings (SSSR count). The SMILES string of the molecule is COCC(=O)N(CCN1CCOCC1)CC(=O)N1N=C(c2cccc(OC)c2)CC1c1ccc(C)cc1. The summed E-state index contributed by atoms with van der Waals surface area (Å²) >= 11 is 0. The van der Waals surface area contributed by atoms with E-state index in [9.17, 15) is 9.59 Å². The average molecular weight is 509 g/mol. The molecule has 0 spiro atoms. The molecular weight excluding hydrogens is 472 g/mol. The van der Waals surface area contributed by atoms with Gasteiger partial charge in [-0.2, -0.15) is 5.10 Å². The average Bonchev–Trinajstić information content (AvgIpc) is 3.38. The smallest absolute Gasteiger partial charge is 0.262 e. The fourth-order valence-electron chi connectivity index (χ4n) is 4.59. The number of carbonyl (C=O) groups excluding carboxylic acids is 2. The van der Waals surface area contributed by atoms with Gasteiger partial charge in [-0.15, -0.1) is 0 Å². The van der Waals surface area contributed by atoms with E-state index in [0.29, 0.717) is 32.7 Å². The molecular formula is C28H36N4O5. The zero-order chi connectivity index (χ0) is 26.2. The monoisotopic (exact) mass is 508 g/mol. The van der Waals surface area contributed by atoms with Crippen molar-refractivity contribution in [2.45, 2.75) is 19.4 Å². The molecule has 0 aliphatic carbocycles. The second-order valence-corrected chi connectivity index (χ2v) is 9.35. The number of rotatable bonds is 10. The molecule has 2 aromatic carbocycles. The third-order valence-electron chi connectivity index (χ3n) is 6.77. The van der Waals surface area contributed by atoms with Crippen molar-refractivity contribution in [3.05, 3.63) is 65.2 Å². The lowest BCUT2D eigenvalue weighted by Gasteiger charge is -2.31. The Morgan fingerprint density at radius 3 is 2.57 bits per heavy atom. The molecule has 9 heteroatoms. The van der Waals surface area contributed by atoms with Gasteiger partial charge in [-0.3, -0.25) is 14.5 Å². The number of hydrogen-bond acceptors (Lipinski definition) is 7. The first-order valence-electron chi connectivity index (χ1n) is 12.7. The normalized spacial score (nSPS) is 18.0. The lowest BCUT2D eigenvalue weighted by molar-refractivity contribution is -0.143. The molecule has 2 amide bonds. The zero-order valence-electron chi connectivity index (χ0n) is 21.9. The van der Waals surface area contributed by atoms with E-state index in [2.05, 4.69) is 4.90 Å². The molecule has 1 unspecified atom stereocenters. The first-order valence-corrected chi connectivity index (χ1v) is 12.7. The van der Waals surface area contributed by atoms with Crippen LogP contribution in [0.25, 0.3) is 0 Å². The molecule has 2 aliphatic rings. The van der Waals surface area contributed by atoms with E-state index in [1.54, 1.807) is 17.0 Å². The number of methoxy groups -OCH3 is 2. The Kier molecular flexibility index (Phi) is 9.27. The van der Waals surface area contributed by atoms with E-state index in [-0.39, 0.29) is 31.0 Å². The predicted molar refractivity (Wildman–Crippen MR) is 141 cm³/mol. The summed E-state index contributed by atoms with van der Waals surface area (Å²) in [5.74, 6) is 0.290. The molecule has 2 aliphatic heterocycles. The van der Waals surface area contributed by atoms with Gasteiger partial charge in [0, 0.05) is 45.3 Å². The third-order valence-corrected chi connectivity index (χ3v) is 6.77. The summed E-state index contributed by atoms with van der Waals surface area (Å²) in [7, 11) is 3.11. The van der Waals surface area contributed by atoms with Crippen LogP contribution >= 0.6 is 0 Å². The van der Waals surface area contributed by atoms with Crippen LogP contribution in [0.15, 0.2) is 53.6 Å². The van der Waals surface area contributed by atoms with Crippen LogP contribution in [0.1, 0.15) is 29.2 Å². The highest BCUT2D eigenvalue weighted by molar-refractivity contribution is 6.03. The highest BCUT2D eigenvalue weighted by atomic mass is 16.5. The number of nitrogens with zero attached hydrogens (tertiary/aromatic N) is 4. The van der Waals surface area contributed by atoms with Crippen molar-refractivity contribution in [1.29, 1.82) is 0 Å². The van der Waals surface area contributed by atoms with Crippen LogP contribution in [0.4, 0.5) is 0 Å². The van der Waals surface area contributed by atoms with Crippen molar-refractivity contribution in [1.82, 2.24) is 14.8 Å². The van der Waals surface area contributed by atoms with Crippen molar-refractivity contribution in [2.24, 2.45) is 5.10 Å². The zero-order valence-corrected chi connectivity index (χ0v) is 21.9. The molecule has 0 radical (unpaired) electrons. The third kappa shape index (κ3) is 6.94. The summed E-state index contributed by atoms with van der Waals surface area (Å²) in [4.78, 5) is 30.4. The van der Waals surface area contributed by atoms with Crippen molar-refractivity contribution in [3.8, 4) is 5.75 Å². The number of carbonyl (C=O) groups is 2. The number of morpholine rings is 1. The minimum atomic E-state index is -0.257. The molecule has 0 saturated carbocycles. The van der Waals surface area contributed by atoms with Crippen molar-refractivity contribution < 1.29 is 23.8 Å². The summed E-state index contributed by atoms with van der Waals surface area (Å²) in [6.45, 7) is 5.99. The van der Waals surface area contributed by atoms with Gasteiger partial charge in [0.1, 0.15) is 18.9 Å². The summed E-state index contributed by atoms with van der Waals surface area (Å²) in [5, 5.41) is 6.31. The Hall–Kier alpha value is -3.27. The van der Waals surface area contributed by atoms with Gasteiger partial charge in [-0.05, 0) is 24.6 Å². The molecule has 1 saturated heterocycles. The number of benzene rings is 2. The number of amides is 2. The summed E-state index contributed by atoms with van der Waals surface area (Å²) in [6.07, 6.45) is 0.571. The number of hydrazone groups is 1. The molecule has 2 aromatic rings. The Balaban J connectivity index is 1.56. The highest BCUT2D eigenvalue weighted by Gasteiger charge is 2.34. The summed E-state index contributed by atoms with van der Waals surface area (Å²) in [5.41, 5.74) is 3.86. The van der Waals surface area contributed by atoms with Crippen LogP contribution in [0, 0.1) is 6.92 Å². The maximum Gasteiger partial charge on any atom is 0.262 e. The van der Waals surface area contributed by atoms with Gasteiger partial charge in [-0.25, -0.2) is 5.01 Å². The maximum atomic E-state index is 13.7. The Morgan fingerprint density at radius 2 is 1.86 bits per heavy atom. The van der Waals surface area contributed by atoms with E-state index in [1.807, 2.05) is 55.5 Å². The van der Waals surface area contributed by atoms with E-state index in [4.69, 9.17) is 19.3 Å². The topological polar surface area (TPSA) is 83.9 Å². The summed E-state index contributed by atoms with van der Waals surface area (Å²) in [6, 6.07) is 15.6. The van der Waals surface area contributed by atoms with Crippen LogP contribution in [0.5, 0.6) is 5.75 Å². The number of hydrogen-bond donors (Lipinski definition) is 0. The standard InChI is InChI=1S/C28H36N4O5/c1-21-7-9-22(10-8-21)26-18-25(23-5-4-6-24(17-23)36-3)29-32(26)27(33)19-31(28(34)20-35-2)12-11-30-13-15-37-16-14-30/h4-10,17,26H,11-16,18-20H2,1-3H3. The molecule has 0 bridgehead atoms. The molecule has 1 fully saturated rings. The highest BCUT2D eigenvalue weighted by Crippen LogP contribution is 2.33. The Labute approximate surface area is 218 Å². The maximum absolute atomic E-state index is 13.7. The molecule has 0 aromatic heterocycles. The molecule has 37 heavy (non-hydrogen) atoms. The van der Waals surface area contributed by atoms with Crippen molar-refractivity contribution >= 4 is 17.5 Å². The van der Waals surface area contributed by atoms with Gasteiger partial charge in [0.15, 0.2) is 0 Å². The van der Waals surface area contributed by atoms with Crippen LogP contribution in [0.3, 0.4) is 0 Å². The van der Waals surface area contributed by atoms with Crippen LogP contribution in [-0.4, -0.2) is 99.1 Å². The lowest BCUT2D eigenvalue weighted by Crippen LogP contribution is -2.47. The minimum Gasteiger partial charge on any atom is -0.497 e. The van der Waals surface area contributed by atoms with E-state index >= 15 is 0 Å². The molecule has 0 N–H and O–H groups in total. The van der Waals surface area contributed by atoms with Gasteiger partial charge < -0.3 is 19.1 Å². The Bertz CT molecular complexity index is 1100. The van der Waals surface area contributed by atoms with Crippen molar-refractivity contribution in [3.63, 3.8) is 0 Å². The number of aryl methyl sites for hydroxylation is 1. The van der Waals surface area contributed by atoms with Gasteiger partial charge in [-0.1, -0.05) is 42.0 Å². The predicted octanol–water partition coefficient (Wildman–Crippen LogP) is 2.49. The van der Waals surface area contributed by atoms with E-state index < -0.39 is 0 Å². The molecule has 198 valence electrons. The first kappa shape index (κ1) is 26.8. The first-order chi connectivity index (χ1) is 18.0. The van der Waals surface area contributed by atoms with Gasteiger partial charge in [0.05, 0.1) is 32.1 Å². The molecule has 2 heterocycles. The van der Waals surface area contributed by atoms with Crippen molar-refractivity contribution in [2.75, 3.05) is 66.8 Å². The van der Waals surface area contributed by atoms with Gasteiger partial charge in [0.2, 0.25) is 5.91 Å². The lowest BCUT2D eigenvalue weighted by atomic mass is 9.97. The molecule has 1 atom stereocenters. The largest absolute Gasteiger partial charge is 0.497 e. The fraction of sp³-hybridized carbons (Fsp3) is 0.464. The minimum absolute atomic E-state index is 0.0657.